The Balaban J connectivity index is 1.80. The first-order chi connectivity index (χ1) is 12.0. The highest BCUT2D eigenvalue weighted by Gasteiger charge is 2.39. The van der Waals surface area contributed by atoms with Gasteiger partial charge in [0.2, 0.25) is 5.91 Å². The molecule has 2 amide bonds. The zero-order valence-electron chi connectivity index (χ0n) is 13.9. The first-order valence-corrected chi connectivity index (χ1v) is 8.15. The number of nitrogens with one attached hydrogen (secondary N) is 1. The summed E-state index contributed by atoms with van der Waals surface area (Å²) in [6.07, 6.45) is -0.0999. The molecule has 1 atom stereocenters. The summed E-state index contributed by atoms with van der Waals surface area (Å²) >= 11 is 0. The van der Waals surface area contributed by atoms with Gasteiger partial charge in [0, 0.05) is 13.1 Å². The van der Waals surface area contributed by atoms with E-state index >= 15 is 0 Å². The molecule has 1 aromatic carbocycles. The predicted octanol–water partition coefficient (Wildman–Crippen LogP) is -0.0730. The summed E-state index contributed by atoms with van der Waals surface area (Å²) in [5.74, 6) is -1.94. The van der Waals surface area contributed by atoms with Crippen LogP contribution in [0.25, 0.3) is 0 Å². The highest BCUT2D eigenvalue weighted by Crippen LogP contribution is 2.29. The molecular formula is C17H19N3O5. The van der Waals surface area contributed by atoms with E-state index in [4.69, 9.17) is 4.74 Å². The molecule has 0 aliphatic carbocycles. The van der Waals surface area contributed by atoms with Crippen LogP contribution in [-0.4, -0.2) is 60.9 Å². The zero-order chi connectivity index (χ0) is 18.0. The Bertz CT molecular complexity index is 733. The number of hydrogen-bond acceptors (Lipinski definition) is 6. The smallest absolute Gasteiger partial charge is 0.307 e. The Morgan fingerprint density at radius 1 is 1.28 bits per heavy atom. The predicted molar refractivity (Wildman–Crippen MR) is 87.9 cm³/mol. The van der Waals surface area contributed by atoms with E-state index in [-0.39, 0.29) is 25.6 Å². The van der Waals surface area contributed by atoms with Crippen molar-refractivity contribution in [3.05, 3.63) is 29.8 Å². The van der Waals surface area contributed by atoms with Crippen LogP contribution < -0.4 is 10.2 Å². The Labute approximate surface area is 144 Å². The molecule has 25 heavy (non-hydrogen) atoms. The number of carbonyl (C=O) groups excluding carboxylic acids is 4. The van der Waals surface area contributed by atoms with Crippen molar-refractivity contribution in [1.29, 1.82) is 0 Å². The van der Waals surface area contributed by atoms with Crippen molar-refractivity contribution >= 4 is 29.3 Å². The third-order valence-corrected chi connectivity index (χ3v) is 4.31. The molecule has 8 heteroatoms. The van der Waals surface area contributed by atoms with Crippen LogP contribution in [0.1, 0.15) is 23.7 Å². The summed E-state index contributed by atoms with van der Waals surface area (Å²) in [6.45, 7) is 2.88. The van der Waals surface area contributed by atoms with Gasteiger partial charge in [-0.2, -0.15) is 0 Å². The quantitative estimate of drug-likeness (QED) is 0.593. The van der Waals surface area contributed by atoms with Gasteiger partial charge in [-0.15, -0.1) is 0 Å². The van der Waals surface area contributed by atoms with Gasteiger partial charge in [-0.05, 0) is 19.1 Å². The number of piperazine rings is 1. The standard InChI is InChI=1S/C17H19N3O5/c1-2-25-14(21)9-13-16(23)18-7-8-19(13)10-20-12-6-4-3-5-11(12)15(22)17(20)24/h3-6,13H,2,7-10H2,1H3,(H,18,23)/t13-/m0/s1. The maximum atomic E-state index is 12.3. The molecule has 1 aromatic rings. The van der Waals surface area contributed by atoms with Crippen molar-refractivity contribution in [3.63, 3.8) is 0 Å². The van der Waals surface area contributed by atoms with Crippen LogP contribution in [-0.2, 0) is 19.1 Å². The van der Waals surface area contributed by atoms with Gasteiger partial charge >= 0.3 is 11.9 Å². The lowest BCUT2D eigenvalue weighted by Crippen LogP contribution is -2.59. The third-order valence-electron chi connectivity index (χ3n) is 4.31. The minimum absolute atomic E-state index is 0.0685. The first kappa shape index (κ1) is 17.1. The Morgan fingerprint density at radius 3 is 2.80 bits per heavy atom. The summed E-state index contributed by atoms with van der Waals surface area (Å²) in [7, 11) is 0. The third kappa shape index (κ3) is 3.25. The average molecular weight is 345 g/mol. The van der Waals surface area contributed by atoms with Crippen molar-refractivity contribution in [1.82, 2.24) is 10.2 Å². The molecule has 3 rings (SSSR count). The topological polar surface area (TPSA) is 96.0 Å². The molecule has 0 saturated carbocycles. The lowest BCUT2D eigenvalue weighted by molar-refractivity contribution is -0.148. The molecule has 2 heterocycles. The highest BCUT2D eigenvalue weighted by molar-refractivity contribution is 6.52. The van der Waals surface area contributed by atoms with E-state index in [1.165, 1.54) is 4.90 Å². The number of fused-ring (bicyclic) bond motifs is 1. The number of anilines is 1. The maximum absolute atomic E-state index is 12.3. The lowest BCUT2D eigenvalue weighted by atomic mass is 10.1. The summed E-state index contributed by atoms with van der Waals surface area (Å²) < 4.78 is 4.93. The first-order valence-electron chi connectivity index (χ1n) is 8.15. The van der Waals surface area contributed by atoms with Gasteiger partial charge in [0.05, 0.1) is 30.9 Å². The van der Waals surface area contributed by atoms with Crippen LogP contribution in [0.4, 0.5) is 5.69 Å². The number of nitrogens with zero attached hydrogens (tertiary/aromatic N) is 2. The number of Topliss-reactive ketones (excluding diaryl/α,β-unsaturated/α-hetero) is 1. The Hall–Kier alpha value is -2.74. The summed E-state index contributed by atoms with van der Waals surface area (Å²) in [6, 6.07) is 6.02. The van der Waals surface area contributed by atoms with Gasteiger partial charge < -0.3 is 10.1 Å². The second-order valence-corrected chi connectivity index (χ2v) is 5.85. The number of ether oxygens (including phenoxy) is 1. The number of amides is 2. The van der Waals surface area contributed by atoms with E-state index in [2.05, 4.69) is 5.32 Å². The number of ketones is 1. The van der Waals surface area contributed by atoms with E-state index < -0.39 is 23.7 Å². The fraction of sp³-hybridized carbons (Fsp3) is 0.412. The minimum atomic E-state index is -0.733. The molecule has 0 spiro atoms. The molecule has 0 unspecified atom stereocenters. The average Bonchev–Trinajstić information content (AvgIpc) is 2.83. The van der Waals surface area contributed by atoms with Gasteiger partial charge in [0.25, 0.3) is 5.78 Å². The molecular weight excluding hydrogens is 326 g/mol. The van der Waals surface area contributed by atoms with Gasteiger partial charge in [-0.3, -0.25) is 29.0 Å². The second kappa shape index (κ2) is 7.02. The number of carbonyl (C=O) groups is 4. The van der Waals surface area contributed by atoms with Crippen LogP contribution in [0.5, 0.6) is 0 Å². The largest absolute Gasteiger partial charge is 0.466 e. The number of hydrogen-bond donors (Lipinski definition) is 1. The van der Waals surface area contributed by atoms with E-state index in [0.717, 1.165) is 0 Å². The summed E-state index contributed by atoms with van der Waals surface area (Å²) in [5, 5.41) is 2.71. The van der Waals surface area contributed by atoms with E-state index in [1.807, 2.05) is 0 Å². The SMILES string of the molecule is CCOC(=O)C[C@H]1C(=O)NCCN1CN1C(=O)C(=O)c2ccccc21. The number of rotatable bonds is 5. The minimum Gasteiger partial charge on any atom is -0.466 e. The van der Waals surface area contributed by atoms with E-state index in [1.54, 1.807) is 36.1 Å². The highest BCUT2D eigenvalue weighted by atomic mass is 16.5. The van der Waals surface area contributed by atoms with Gasteiger partial charge in [0.15, 0.2) is 0 Å². The fourth-order valence-electron chi connectivity index (χ4n) is 3.10. The van der Waals surface area contributed by atoms with Crippen molar-refractivity contribution in [2.75, 3.05) is 31.3 Å². The molecule has 0 bridgehead atoms. The molecule has 2 aliphatic rings. The molecule has 0 aromatic heterocycles. The van der Waals surface area contributed by atoms with Gasteiger partial charge in [-0.25, -0.2) is 0 Å². The summed E-state index contributed by atoms with van der Waals surface area (Å²) in [4.78, 5) is 51.5. The molecule has 0 radical (unpaired) electrons. The van der Waals surface area contributed by atoms with Crippen molar-refractivity contribution < 1.29 is 23.9 Å². The van der Waals surface area contributed by atoms with Crippen molar-refractivity contribution in [2.45, 2.75) is 19.4 Å². The van der Waals surface area contributed by atoms with Crippen LogP contribution in [0.15, 0.2) is 24.3 Å². The molecule has 1 saturated heterocycles. The Kier molecular flexibility index (Phi) is 4.80. The molecule has 1 N–H and O–H groups in total. The molecule has 2 aliphatic heterocycles. The van der Waals surface area contributed by atoms with Crippen molar-refractivity contribution in [3.8, 4) is 0 Å². The van der Waals surface area contributed by atoms with Gasteiger partial charge in [0.1, 0.15) is 6.04 Å². The Morgan fingerprint density at radius 2 is 2.04 bits per heavy atom. The summed E-state index contributed by atoms with van der Waals surface area (Å²) in [5.41, 5.74) is 0.884. The van der Waals surface area contributed by atoms with Crippen LogP contribution in [0.2, 0.25) is 0 Å². The second-order valence-electron chi connectivity index (χ2n) is 5.85. The van der Waals surface area contributed by atoms with Gasteiger partial charge in [-0.1, -0.05) is 12.1 Å². The number of esters is 1. The van der Waals surface area contributed by atoms with Crippen LogP contribution >= 0.6 is 0 Å². The fourth-order valence-corrected chi connectivity index (χ4v) is 3.10. The van der Waals surface area contributed by atoms with Crippen LogP contribution in [0.3, 0.4) is 0 Å². The lowest BCUT2D eigenvalue weighted by Gasteiger charge is -2.36. The van der Waals surface area contributed by atoms with Crippen LogP contribution in [0, 0.1) is 0 Å². The normalized spacial score (nSPS) is 20.4. The molecule has 1 fully saturated rings. The molecule has 8 nitrogen and oxygen atoms in total. The zero-order valence-corrected chi connectivity index (χ0v) is 13.9. The monoisotopic (exact) mass is 345 g/mol. The number of benzene rings is 1. The van der Waals surface area contributed by atoms with E-state index in [9.17, 15) is 19.2 Å². The van der Waals surface area contributed by atoms with Crippen molar-refractivity contribution in [2.24, 2.45) is 0 Å². The maximum Gasteiger partial charge on any atom is 0.307 e. The molecule has 132 valence electrons. The number of para-hydroxylation sites is 1. The van der Waals surface area contributed by atoms with E-state index in [0.29, 0.717) is 24.3 Å².